The molecule has 0 radical (unpaired) electrons. The lowest BCUT2D eigenvalue weighted by Crippen LogP contribution is -2.38. The molecular weight excluding hydrogens is 338 g/mol. The van der Waals surface area contributed by atoms with Crippen molar-refractivity contribution < 1.29 is 14.3 Å². The number of Topliss-reactive ketones (excluding diaryl/α,β-unsaturated/α-hetero) is 1. The summed E-state index contributed by atoms with van der Waals surface area (Å²) < 4.78 is 5.30. The van der Waals surface area contributed by atoms with Crippen LogP contribution in [0.3, 0.4) is 0 Å². The number of carbonyl (C=O) groups is 2. The quantitative estimate of drug-likeness (QED) is 0.655. The van der Waals surface area contributed by atoms with Gasteiger partial charge in [-0.15, -0.1) is 6.42 Å². The Hall–Kier alpha value is -2.80. The first kappa shape index (κ1) is 19.0. The van der Waals surface area contributed by atoms with Gasteiger partial charge in [0.15, 0.2) is 5.78 Å². The van der Waals surface area contributed by atoms with Crippen molar-refractivity contribution in [2.45, 2.75) is 46.5 Å². The first-order valence-electron chi connectivity index (χ1n) is 9.25. The maximum Gasteiger partial charge on any atom is 0.336 e. The van der Waals surface area contributed by atoms with Crippen LogP contribution in [0.2, 0.25) is 0 Å². The Balaban J connectivity index is 2.17. The minimum atomic E-state index is -0.435. The number of rotatable bonds is 3. The molecule has 0 saturated carbocycles. The SMILES string of the molecule is C#Cc1ccc(C2C(C(=O)OCC)=C(C)NC3=C2C(=O)CC(C)(C)C3)cc1. The number of carbonyl (C=O) groups excluding carboxylic acids is 2. The van der Waals surface area contributed by atoms with Gasteiger partial charge < -0.3 is 10.1 Å². The van der Waals surface area contributed by atoms with E-state index in [-0.39, 0.29) is 17.8 Å². The summed E-state index contributed by atoms with van der Waals surface area (Å²) in [5, 5.41) is 3.32. The molecule has 0 amide bonds. The third kappa shape index (κ3) is 3.55. The molecule has 4 heteroatoms. The monoisotopic (exact) mass is 363 g/mol. The molecule has 1 atom stereocenters. The van der Waals surface area contributed by atoms with Crippen molar-refractivity contribution in [3.8, 4) is 12.3 Å². The summed E-state index contributed by atoms with van der Waals surface area (Å²) in [7, 11) is 0. The van der Waals surface area contributed by atoms with Crippen LogP contribution in [-0.4, -0.2) is 18.4 Å². The largest absolute Gasteiger partial charge is 0.463 e. The van der Waals surface area contributed by atoms with E-state index >= 15 is 0 Å². The van der Waals surface area contributed by atoms with E-state index in [4.69, 9.17) is 11.2 Å². The number of hydrogen-bond donors (Lipinski definition) is 1. The predicted octanol–water partition coefficient (Wildman–Crippen LogP) is 3.84. The number of allylic oxidation sites excluding steroid dienone is 3. The van der Waals surface area contributed by atoms with Crippen molar-refractivity contribution in [3.05, 3.63) is 57.9 Å². The highest BCUT2D eigenvalue weighted by Gasteiger charge is 2.43. The molecule has 1 aliphatic heterocycles. The zero-order valence-corrected chi connectivity index (χ0v) is 16.3. The van der Waals surface area contributed by atoms with Crippen LogP contribution in [0.5, 0.6) is 0 Å². The van der Waals surface area contributed by atoms with Crippen LogP contribution in [0.4, 0.5) is 0 Å². The Bertz CT molecular complexity index is 895. The van der Waals surface area contributed by atoms with Crippen LogP contribution in [0.1, 0.15) is 57.6 Å². The van der Waals surface area contributed by atoms with Gasteiger partial charge in [-0.25, -0.2) is 4.79 Å². The zero-order valence-electron chi connectivity index (χ0n) is 16.3. The Morgan fingerprint density at radius 2 is 1.96 bits per heavy atom. The van der Waals surface area contributed by atoms with Gasteiger partial charge in [-0.1, -0.05) is 31.9 Å². The van der Waals surface area contributed by atoms with Crippen LogP contribution in [0.15, 0.2) is 46.8 Å². The third-order valence-electron chi connectivity index (χ3n) is 5.15. The van der Waals surface area contributed by atoms with Crippen molar-refractivity contribution in [2.75, 3.05) is 6.61 Å². The average molecular weight is 363 g/mol. The molecule has 1 N–H and O–H groups in total. The number of terminal acetylenes is 1. The molecule has 1 aromatic rings. The number of nitrogens with one attached hydrogen (secondary N) is 1. The van der Waals surface area contributed by atoms with Crippen LogP contribution < -0.4 is 5.32 Å². The molecular formula is C23H25NO3. The van der Waals surface area contributed by atoms with E-state index in [9.17, 15) is 9.59 Å². The highest BCUT2D eigenvalue weighted by Crippen LogP contribution is 2.46. The minimum Gasteiger partial charge on any atom is -0.463 e. The number of benzene rings is 1. The molecule has 1 heterocycles. The Kier molecular flexibility index (Phi) is 4.97. The van der Waals surface area contributed by atoms with E-state index in [1.165, 1.54) is 0 Å². The molecule has 0 spiro atoms. The van der Waals surface area contributed by atoms with E-state index in [0.717, 1.165) is 28.9 Å². The summed E-state index contributed by atoms with van der Waals surface area (Å²) in [4.78, 5) is 25.8. The molecule has 0 bridgehead atoms. The molecule has 0 saturated heterocycles. The second-order valence-corrected chi connectivity index (χ2v) is 7.92. The predicted molar refractivity (Wildman–Crippen MR) is 105 cm³/mol. The first-order valence-corrected chi connectivity index (χ1v) is 9.25. The second-order valence-electron chi connectivity index (χ2n) is 7.92. The van der Waals surface area contributed by atoms with Gasteiger partial charge in [-0.3, -0.25) is 4.79 Å². The van der Waals surface area contributed by atoms with Crippen molar-refractivity contribution in [2.24, 2.45) is 5.41 Å². The van der Waals surface area contributed by atoms with Crippen LogP contribution >= 0.6 is 0 Å². The van der Waals surface area contributed by atoms with E-state index in [0.29, 0.717) is 17.6 Å². The van der Waals surface area contributed by atoms with Crippen molar-refractivity contribution in [3.63, 3.8) is 0 Å². The van der Waals surface area contributed by atoms with Gasteiger partial charge in [0.25, 0.3) is 0 Å². The smallest absolute Gasteiger partial charge is 0.336 e. The molecule has 140 valence electrons. The summed E-state index contributed by atoms with van der Waals surface area (Å²) in [6.07, 6.45) is 6.69. The lowest BCUT2D eigenvalue weighted by molar-refractivity contribution is -0.138. The highest BCUT2D eigenvalue weighted by molar-refractivity contribution is 6.04. The normalized spacial score (nSPS) is 21.3. The Morgan fingerprint density at radius 1 is 1.30 bits per heavy atom. The van der Waals surface area contributed by atoms with Gasteiger partial charge in [-0.05, 0) is 43.4 Å². The second kappa shape index (κ2) is 7.08. The number of esters is 1. The molecule has 1 aliphatic carbocycles. The van der Waals surface area contributed by atoms with Crippen molar-refractivity contribution in [1.29, 1.82) is 0 Å². The Morgan fingerprint density at radius 3 is 2.56 bits per heavy atom. The first-order chi connectivity index (χ1) is 12.8. The molecule has 27 heavy (non-hydrogen) atoms. The maximum atomic E-state index is 13.1. The van der Waals surface area contributed by atoms with Crippen molar-refractivity contribution in [1.82, 2.24) is 5.32 Å². The van der Waals surface area contributed by atoms with Crippen LogP contribution in [0, 0.1) is 17.8 Å². The standard InChI is InChI=1S/C23H25NO3/c1-6-15-8-10-16(11-9-15)20-19(22(26)27-7-2)14(3)24-17-12-23(4,5)13-18(25)21(17)20/h1,8-11,20,24H,7,12-13H2,2-5H3. The Labute approximate surface area is 160 Å². The highest BCUT2D eigenvalue weighted by atomic mass is 16.5. The van der Waals surface area contributed by atoms with Gasteiger partial charge in [0.1, 0.15) is 0 Å². The van der Waals surface area contributed by atoms with Gasteiger partial charge >= 0.3 is 5.97 Å². The summed E-state index contributed by atoms with van der Waals surface area (Å²) in [5.74, 6) is 1.85. The lowest BCUT2D eigenvalue weighted by Gasteiger charge is -2.39. The summed E-state index contributed by atoms with van der Waals surface area (Å²) >= 11 is 0. The summed E-state index contributed by atoms with van der Waals surface area (Å²) in [5.41, 5.74) is 4.35. The lowest BCUT2D eigenvalue weighted by atomic mass is 9.68. The number of hydrogen-bond acceptors (Lipinski definition) is 4. The molecule has 3 rings (SSSR count). The summed E-state index contributed by atoms with van der Waals surface area (Å²) in [6, 6.07) is 7.48. The fourth-order valence-corrected chi connectivity index (χ4v) is 4.02. The number of dihydropyridines is 1. The molecule has 0 fully saturated rings. The zero-order chi connectivity index (χ0) is 19.8. The number of ketones is 1. The van der Waals surface area contributed by atoms with E-state index < -0.39 is 11.9 Å². The summed E-state index contributed by atoms with van der Waals surface area (Å²) in [6.45, 7) is 8.11. The average Bonchev–Trinajstić information content (AvgIpc) is 2.59. The third-order valence-corrected chi connectivity index (χ3v) is 5.15. The fourth-order valence-electron chi connectivity index (χ4n) is 4.02. The molecule has 4 nitrogen and oxygen atoms in total. The molecule has 0 aromatic heterocycles. The van der Waals surface area contributed by atoms with E-state index in [1.54, 1.807) is 6.92 Å². The van der Waals surface area contributed by atoms with Crippen LogP contribution in [-0.2, 0) is 14.3 Å². The fraction of sp³-hybridized carbons (Fsp3) is 0.391. The van der Waals surface area contributed by atoms with Crippen LogP contribution in [0.25, 0.3) is 0 Å². The molecule has 1 aromatic carbocycles. The topological polar surface area (TPSA) is 55.4 Å². The number of ether oxygens (including phenoxy) is 1. The minimum absolute atomic E-state index is 0.0778. The van der Waals surface area contributed by atoms with E-state index in [2.05, 4.69) is 25.1 Å². The van der Waals surface area contributed by atoms with Gasteiger partial charge in [0, 0.05) is 34.9 Å². The molecule has 2 aliphatic rings. The van der Waals surface area contributed by atoms with E-state index in [1.807, 2.05) is 31.2 Å². The van der Waals surface area contributed by atoms with Crippen molar-refractivity contribution >= 4 is 11.8 Å². The maximum absolute atomic E-state index is 13.1. The van der Waals surface area contributed by atoms with Gasteiger partial charge in [0.05, 0.1) is 12.2 Å². The molecule has 1 unspecified atom stereocenters. The van der Waals surface area contributed by atoms with Gasteiger partial charge in [-0.2, -0.15) is 0 Å². The van der Waals surface area contributed by atoms with Gasteiger partial charge in [0.2, 0.25) is 0 Å².